The predicted molar refractivity (Wildman–Crippen MR) is 179 cm³/mol. The van der Waals surface area contributed by atoms with Crippen LogP contribution in [0.4, 0.5) is 33.3 Å². The molecule has 9 nitrogen and oxygen atoms in total. The van der Waals surface area contributed by atoms with Gasteiger partial charge in [0.1, 0.15) is 28.7 Å². The first-order chi connectivity index (χ1) is 23.8. The van der Waals surface area contributed by atoms with Gasteiger partial charge in [0.05, 0.1) is 28.9 Å². The number of nitrogens with zero attached hydrogens (tertiary/aromatic N) is 4. The summed E-state index contributed by atoms with van der Waals surface area (Å²) in [6.45, 7) is 3.89. The number of amides is 1. The molecule has 0 saturated carbocycles. The molecule has 14 heteroatoms. The number of benzene rings is 3. The number of carbonyl (C=O) groups is 2. The van der Waals surface area contributed by atoms with Crippen molar-refractivity contribution < 1.29 is 36.3 Å². The Morgan fingerprint density at radius 1 is 1.10 bits per heavy atom. The van der Waals surface area contributed by atoms with Crippen molar-refractivity contribution in [3.63, 3.8) is 0 Å². The van der Waals surface area contributed by atoms with Crippen LogP contribution in [0.2, 0.25) is 0 Å². The van der Waals surface area contributed by atoms with E-state index in [1.54, 1.807) is 53.3 Å². The highest BCUT2D eigenvalue weighted by molar-refractivity contribution is 6.19. The van der Waals surface area contributed by atoms with Crippen LogP contribution in [0.25, 0.3) is 33.1 Å². The smallest absolute Gasteiger partial charge is 0.380 e. The van der Waals surface area contributed by atoms with Crippen molar-refractivity contribution in [1.29, 1.82) is 0 Å². The molecule has 5 aromatic rings. The minimum Gasteiger partial charge on any atom is -0.380 e. The Labute approximate surface area is 283 Å². The molecule has 1 atom stereocenters. The number of hydrogen-bond acceptors (Lipinski definition) is 6. The zero-order valence-corrected chi connectivity index (χ0v) is 27.4. The number of ether oxygens (including phenoxy) is 1. The fourth-order valence-corrected chi connectivity index (χ4v) is 6.82. The number of alkyl halides is 3. The zero-order valence-electron chi connectivity index (χ0n) is 27.4. The predicted octanol–water partition coefficient (Wildman–Crippen LogP) is 6.35. The van der Waals surface area contributed by atoms with Crippen LogP contribution in [-0.4, -0.2) is 65.2 Å². The van der Waals surface area contributed by atoms with Gasteiger partial charge in [-0.3, -0.25) is 9.59 Å². The van der Waals surface area contributed by atoms with E-state index in [0.29, 0.717) is 59.8 Å². The minimum atomic E-state index is -4.72. The monoisotopic (exact) mass is 692 g/mol. The summed E-state index contributed by atoms with van der Waals surface area (Å²) in [5.41, 5.74) is -0.165. The number of hydrogen-bond donors (Lipinski definition) is 2. The summed E-state index contributed by atoms with van der Waals surface area (Å²) in [6, 6.07) is 7.69. The molecule has 1 fully saturated rings. The van der Waals surface area contributed by atoms with Crippen molar-refractivity contribution in [3.8, 4) is 11.1 Å². The second kappa shape index (κ2) is 12.7. The van der Waals surface area contributed by atoms with Crippen LogP contribution in [-0.2, 0) is 29.3 Å². The van der Waals surface area contributed by atoms with E-state index in [1.165, 1.54) is 12.3 Å². The van der Waals surface area contributed by atoms with E-state index in [4.69, 9.17) is 4.74 Å². The van der Waals surface area contributed by atoms with Gasteiger partial charge in [0, 0.05) is 86.3 Å². The number of ketones is 1. The highest BCUT2D eigenvalue weighted by atomic mass is 19.4. The van der Waals surface area contributed by atoms with Crippen molar-refractivity contribution in [2.24, 2.45) is 7.05 Å². The maximum absolute atomic E-state index is 15.2. The fourth-order valence-electron chi connectivity index (χ4n) is 6.82. The van der Waals surface area contributed by atoms with E-state index in [1.807, 2.05) is 0 Å². The number of halogens is 5. The first-order valence-corrected chi connectivity index (χ1v) is 16.1. The Morgan fingerprint density at radius 3 is 2.56 bits per heavy atom. The third-order valence-corrected chi connectivity index (χ3v) is 9.43. The first kappa shape index (κ1) is 33.4. The lowest BCUT2D eigenvalue weighted by molar-refractivity contribution is -0.137. The van der Waals surface area contributed by atoms with Crippen LogP contribution >= 0.6 is 0 Å². The quantitative estimate of drug-likeness (QED) is 0.117. The number of aromatic nitrogens is 3. The van der Waals surface area contributed by atoms with Gasteiger partial charge in [0.15, 0.2) is 5.78 Å². The van der Waals surface area contributed by atoms with Crippen LogP contribution in [0.1, 0.15) is 33.7 Å². The Bertz CT molecular complexity index is 2190. The summed E-state index contributed by atoms with van der Waals surface area (Å²) in [6.07, 6.45) is 0.310. The Balaban J connectivity index is 1.26. The Hall–Kier alpha value is -5.08. The molecule has 2 N–H and O–H groups in total. The number of likely N-dealkylation sites (N-methyl/N-ethyl adjacent to an activating group) is 1. The van der Waals surface area contributed by atoms with Gasteiger partial charge in [-0.25, -0.2) is 13.8 Å². The molecule has 1 amide bonds. The van der Waals surface area contributed by atoms with Crippen molar-refractivity contribution in [1.82, 2.24) is 19.4 Å². The van der Waals surface area contributed by atoms with E-state index in [2.05, 4.69) is 15.6 Å². The summed E-state index contributed by atoms with van der Waals surface area (Å²) in [5, 5.41) is 5.70. The highest BCUT2D eigenvalue weighted by Crippen LogP contribution is 2.49. The largest absolute Gasteiger partial charge is 0.417 e. The Kier molecular flexibility index (Phi) is 8.47. The number of imidazole rings is 1. The molecule has 2 aliphatic rings. The zero-order chi connectivity index (χ0) is 35.5. The van der Waals surface area contributed by atoms with E-state index in [-0.39, 0.29) is 34.8 Å². The van der Waals surface area contributed by atoms with Crippen molar-refractivity contribution >= 4 is 45.0 Å². The van der Waals surface area contributed by atoms with Gasteiger partial charge in [-0.2, -0.15) is 13.2 Å². The van der Waals surface area contributed by atoms with E-state index in [9.17, 15) is 22.8 Å². The SMILES string of the molecule is Cc1nc2c3c(c(C(F)(F)F)cc2n1C)-c1cccc2c(C(=O)c4cc(F)c(NC(=O)/C=C/CN[C@@H]5CCOC5)c(F)c4)cn(c12)CCN3C. The molecule has 50 heavy (non-hydrogen) atoms. The highest BCUT2D eigenvalue weighted by Gasteiger charge is 2.39. The maximum atomic E-state index is 15.2. The average Bonchev–Trinajstić information content (AvgIpc) is 3.79. The maximum Gasteiger partial charge on any atom is 0.417 e. The molecular formula is C36H33F5N6O3. The number of nitrogens with one attached hydrogen (secondary N) is 2. The molecule has 2 aromatic heterocycles. The van der Waals surface area contributed by atoms with Crippen molar-refractivity contribution in [2.75, 3.05) is 43.6 Å². The van der Waals surface area contributed by atoms with Crippen LogP contribution < -0.4 is 15.5 Å². The average molecular weight is 693 g/mol. The van der Waals surface area contributed by atoms with Crippen LogP contribution in [0.3, 0.4) is 0 Å². The van der Waals surface area contributed by atoms with E-state index < -0.39 is 40.8 Å². The molecule has 0 aliphatic carbocycles. The molecule has 0 bridgehead atoms. The molecule has 0 radical (unpaired) electrons. The standard InChI is InChI=1S/C36H33F5N6O3/c1-19-43-32-28(46(19)3)16-25(36(39,40)41)30-23-7-4-6-22-24(17-47(33(22)23)12-11-45(2)34(30)32)35(49)20-14-26(37)31(27(38)15-20)44-29(48)8-5-10-42-21-9-13-50-18-21/h4-8,14-17,21,42H,9-13,18H2,1-3H3,(H,44,48)/b8-5+/t21-/m1/s1. The molecule has 260 valence electrons. The Morgan fingerprint density at radius 2 is 1.86 bits per heavy atom. The number of rotatable bonds is 7. The number of aryl methyl sites for hydroxylation is 2. The number of fused-ring (bicyclic) bond motifs is 4. The van der Waals surface area contributed by atoms with Crippen LogP contribution in [0, 0.1) is 18.6 Å². The molecule has 4 heterocycles. The van der Waals surface area contributed by atoms with Gasteiger partial charge in [-0.05, 0) is 31.5 Å². The van der Waals surface area contributed by atoms with Crippen molar-refractivity contribution in [2.45, 2.75) is 32.1 Å². The minimum absolute atomic E-state index is 0.0648. The second-order valence-electron chi connectivity index (χ2n) is 12.6. The van der Waals surface area contributed by atoms with Gasteiger partial charge < -0.3 is 29.4 Å². The van der Waals surface area contributed by atoms with Gasteiger partial charge in [0.25, 0.3) is 0 Å². The van der Waals surface area contributed by atoms with Gasteiger partial charge >= 0.3 is 6.18 Å². The van der Waals surface area contributed by atoms with Crippen molar-refractivity contribution in [3.05, 3.63) is 88.9 Å². The lowest BCUT2D eigenvalue weighted by Gasteiger charge is -2.29. The molecular weight excluding hydrogens is 659 g/mol. The third kappa shape index (κ3) is 5.81. The van der Waals surface area contributed by atoms with Gasteiger partial charge in [-0.1, -0.05) is 24.3 Å². The number of para-hydroxylation sites is 1. The summed E-state index contributed by atoms with van der Waals surface area (Å²) >= 11 is 0. The summed E-state index contributed by atoms with van der Waals surface area (Å²) in [4.78, 5) is 32.6. The lowest BCUT2D eigenvalue weighted by Crippen LogP contribution is -2.29. The van der Waals surface area contributed by atoms with Crippen LogP contribution in [0.5, 0.6) is 0 Å². The van der Waals surface area contributed by atoms with Gasteiger partial charge in [0.2, 0.25) is 5.91 Å². The van der Waals surface area contributed by atoms with Crippen LogP contribution in [0.15, 0.2) is 54.7 Å². The summed E-state index contributed by atoms with van der Waals surface area (Å²) < 4.78 is 83.6. The molecule has 0 unspecified atom stereocenters. The lowest BCUT2D eigenvalue weighted by atomic mass is 9.92. The van der Waals surface area contributed by atoms with E-state index in [0.717, 1.165) is 30.7 Å². The fraction of sp³-hybridized carbons (Fsp3) is 0.306. The number of carbonyl (C=O) groups excluding carboxylic acids is 2. The molecule has 3 aromatic carbocycles. The molecule has 1 saturated heterocycles. The molecule has 0 spiro atoms. The molecule has 2 aliphatic heterocycles. The summed E-state index contributed by atoms with van der Waals surface area (Å²) in [7, 11) is 3.37. The molecule has 7 rings (SSSR count). The summed E-state index contributed by atoms with van der Waals surface area (Å²) in [5.74, 6) is -3.25. The number of anilines is 2. The normalized spacial score (nSPS) is 16.3. The second-order valence-corrected chi connectivity index (χ2v) is 12.6. The first-order valence-electron chi connectivity index (χ1n) is 16.1. The topological polar surface area (TPSA) is 93.4 Å². The van der Waals surface area contributed by atoms with E-state index >= 15 is 8.78 Å². The van der Waals surface area contributed by atoms with Gasteiger partial charge in [-0.15, -0.1) is 0 Å². The third-order valence-electron chi connectivity index (χ3n) is 9.43.